The Bertz CT molecular complexity index is 1300. The minimum Gasteiger partial charge on any atom is -0.508 e. The van der Waals surface area contributed by atoms with Gasteiger partial charge < -0.3 is 15.0 Å². The summed E-state index contributed by atoms with van der Waals surface area (Å²) in [6.07, 6.45) is 4.02. The van der Waals surface area contributed by atoms with E-state index in [1.165, 1.54) is 5.56 Å². The maximum absolute atomic E-state index is 15.7. The maximum Gasteiger partial charge on any atom is 0.129 e. The number of piperidine rings is 1. The van der Waals surface area contributed by atoms with Crippen LogP contribution < -0.4 is 5.32 Å². The molecule has 0 spiro atoms. The lowest BCUT2D eigenvalue weighted by atomic mass is 9.79. The molecule has 2 aromatic carbocycles. The van der Waals surface area contributed by atoms with Crippen LogP contribution in [0, 0.1) is 5.82 Å². The quantitative estimate of drug-likeness (QED) is 0.359. The molecule has 0 bridgehead atoms. The molecule has 41 heavy (non-hydrogen) atoms. The number of fused-ring (bicyclic) bond motifs is 1. The largest absolute Gasteiger partial charge is 0.508 e. The summed E-state index contributed by atoms with van der Waals surface area (Å²) in [6.45, 7) is 14.0. The van der Waals surface area contributed by atoms with Gasteiger partial charge in [-0.1, -0.05) is 25.5 Å². The van der Waals surface area contributed by atoms with E-state index in [2.05, 4.69) is 66.4 Å². The van der Waals surface area contributed by atoms with Crippen molar-refractivity contribution in [2.75, 3.05) is 40.3 Å². The Morgan fingerprint density at radius 3 is 2.32 bits per heavy atom. The average molecular weight is 565 g/mol. The van der Waals surface area contributed by atoms with Crippen LogP contribution in [0.1, 0.15) is 76.4 Å². The van der Waals surface area contributed by atoms with Crippen molar-refractivity contribution in [3.8, 4) is 5.75 Å². The van der Waals surface area contributed by atoms with Gasteiger partial charge in [0.25, 0.3) is 0 Å². The lowest BCUT2D eigenvalue weighted by Crippen LogP contribution is -2.55. The highest BCUT2D eigenvalue weighted by Gasteiger charge is 2.38. The predicted octanol–water partition coefficient (Wildman–Crippen LogP) is 5.48. The van der Waals surface area contributed by atoms with Crippen molar-refractivity contribution in [3.63, 3.8) is 0 Å². The highest BCUT2D eigenvalue weighted by Crippen LogP contribution is 2.39. The van der Waals surface area contributed by atoms with E-state index < -0.39 is 0 Å². The van der Waals surface area contributed by atoms with Crippen molar-refractivity contribution in [1.29, 1.82) is 0 Å². The van der Waals surface area contributed by atoms with Gasteiger partial charge in [0.15, 0.2) is 0 Å². The summed E-state index contributed by atoms with van der Waals surface area (Å²) in [7, 11) is 4.26. The van der Waals surface area contributed by atoms with Gasteiger partial charge in [0.1, 0.15) is 17.4 Å². The van der Waals surface area contributed by atoms with Gasteiger partial charge in [0.05, 0.1) is 17.1 Å². The lowest BCUT2D eigenvalue weighted by molar-refractivity contribution is 0.0503. The number of phenolic OH excluding ortho intramolecular Hbond substituents is 1. The zero-order chi connectivity index (χ0) is 29.3. The highest BCUT2D eigenvalue weighted by molar-refractivity contribution is 5.77. The molecule has 224 valence electrons. The van der Waals surface area contributed by atoms with Crippen LogP contribution in [0.3, 0.4) is 0 Å². The molecule has 0 amide bonds. The maximum atomic E-state index is 15.7. The van der Waals surface area contributed by atoms with Gasteiger partial charge in [-0.15, -0.1) is 0 Å². The van der Waals surface area contributed by atoms with Gasteiger partial charge in [0.2, 0.25) is 0 Å². The molecule has 1 aromatic heterocycles. The average Bonchev–Trinajstić information content (AvgIpc) is 3.28. The molecule has 0 radical (unpaired) electrons. The third-order valence-electron chi connectivity index (χ3n) is 9.49. The number of aromatic hydroxyl groups is 1. The standard InChI is InChI=1S/C33H49FN6O/c1-7-9-30(39-20-23(3)35-24(4)21-39)32-36-29-18-25(28(34)19-31(29)40(32)8-2)22-38-16-14-33(15-17-38,37(5)6)26-10-12-27(41)13-11-26/h10-13,18-19,23-24,30,35,41H,7-9,14-17,20-22H2,1-6H3/t23-,24+,30?. The van der Waals surface area contributed by atoms with Gasteiger partial charge in [0, 0.05) is 68.5 Å². The Hall–Kier alpha value is -2.52. The van der Waals surface area contributed by atoms with Crippen LogP contribution in [0.25, 0.3) is 11.0 Å². The zero-order valence-corrected chi connectivity index (χ0v) is 25.8. The summed E-state index contributed by atoms with van der Waals surface area (Å²) in [6, 6.07) is 12.4. The zero-order valence-electron chi connectivity index (χ0n) is 25.8. The number of imidazole rings is 1. The van der Waals surface area contributed by atoms with Crippen molar-refractivity contribution in [1.82, 2.24) is 29.6 Å². The summed E-state index contributed by atoms with van der Waals surface area (Å²) in [5.74, 6) is 1.22. The Balaban J connectivity index is 1.38. The molecule has 3 aromatic rings. The van der Waals surface area contributed by atoms with E-state index in [1.54, 1.807) is 18.2 Å². The minimum atomic E-state index is -0.141. The Labute approximate surface area is 245 Å². The minimum absolute atomic E-state index is 0.0885. The molecule has 2 aliphatic heterocycles. The first-order chi connectivity index (χ1) is 19.6. The summed E-state index contributed by atoms with van der Waals surface area (Å²) in [4.78, 5) is 12.5. The molecule has 3 atom stereocenters. The van der Waals surface area contributed by atoms with Crippen molar-refractivity contribution in [2.24, 2.45) is 0 Å². The molecular weight excluding hydrogens is 515 g/mol. The molecule has 8 heteroatoms. The number of aryl methyl sites for hydroxylation is 1. The van der Waals surface area contributed by atoms with Gasteiger partial charge in [-0.05, 0) is 77.9 Å². The van der Waals surface area contributed by atoms with E-state index in [0.717, 1.165) is 80.8 Å². The topological polar surface area (TPSA) is 59.8 Å². The molecule has 2 aliphatic rings. The molecule has 7 nitrogen and oxygen atoms in total. The molecule has 0 aliphatic carbocycles. The van der Waals surface area contributed by atoms with Crippen molar-refractivity contribution >= 4 is 11.0 Å². The van der Waals surface area contributed by atoms with Gasteiger partial charge in [-0.3, -0.25) is 14.7 Å². The molecular formula is C33H49FN6O. The number of piperazine rings is 1. The number of hydrogen-bond acceptors (Lipinski definition) is 6. The first-order valence-corrected chi connectivity index (χ1v) is 15.5. The Morgan fingerprint density at radius 2 is 1.73 bits per heavy atom. The molecule has 2 fully saturated rings. The van der Waals surface area contributed by atoms with E-state index in [-0.39, 0.29) is 23.1 Å². The van der Waals surface area contributed by atoms with Gasteiger partial charge in [-0.2, -0.15) is 0 Å². The number of phenols is 1. The van der Waals surface area contributed by atoms with Crippen LogP contribution in [0.5, 0.6) is 5.75 Å². The van der Waals surface area contributed by atoms with Crippen LogP contribution in [0.2, 0.25) is 0 Å². The monoisotopic (exact) mass is 564 g/mol. The summed E-state index contributed by atoms with van der Waals surface area (Å²) in [5.41, 5.74) is 3.66. The number of likely N-dealkylation sites (tertiary alicyclic amines) is 1. The smallest absolute Gasteiger partial charge is 0.129 e. The fourth-order valence-electron chi connectivity index (χ4n) is 7.38. The number of aromatic nitrogens is 2. The second-order valence-corrected chi connectivity index (χ2v) is 12.6. The molecule has 0 saturated carbocycles. The summed E-state index contributed by atoms with van der Waals surface area (Å²) >= 11 is 0. The number of benzene rings is 2. The number of halogens is 1. The first kappa shape index (κ1) is 30.0. The number of nitrogens with zero attached hydrogens (tertiary/aromatic N) is 5. The van der Waals surface area contributed by atoms with E-state index in [0.29, 0.717) is 18.6 Å². The van der Waals surface area contributed by atoms with Gasteiger partial charge in [-0.25, -0.2) is 9.37 Å². The van der Waals surface area contributed by atoms with Crippen molar-refractivity contribution in [3.05, 3.63) is 59.2 Å². The molecule has 1 unspecified atom stereocenters. The number of nitrogens with one attached hydrogen (secondary N) is 1. The third-order valence-corrected chi connectivity index (χ3v) is 9.49. The van der Waals surface area contributed by atoms with E-state index in [9.17, 15) is 5.11 Å². The van der Waals surface area contributed by atoms with E-state index in [1.807, 2.05) is 18.2 Å². The van der Waals surface area contributed by atoms with Crippen LogP contribution in [-0.2, 0) is 18.6 Å². The van der Waals surface area contributed by atoms with E-state index in [4.69, 9.17) is 4.98 Å². The molecule has 2 saturated heterocycles. The van der Waals surface area contributed by atoms with Crippen LogP contribution in [-0.4, -0.2) is 81.7 Å². The van der Waals surface area contributed by atoms with Crippen LogP contribution in [0.15, 0.2) is 36.4 Å². The Morgan fingerprint density at radius 1 is 1.07 bits per heavy atom. The second kappa shape index (κ2) is 12.4. The van der Waals surface area contributed by atoms with Crippen LogP contribution >= 0.6 is 0 Å². The van der Waals surface area contributed by atoms with Crippen molar-refractivity contribution in [2.45, 2.75) is 90.1 Å². The number of rotatable bonds is 9. The fraction of sp³-hybridized carbons (Fsp3) is 0.606. The predicted molar refractivity (Wildman–Crippen MR) is 165 cm³/mol. The van der Waals surface area contributed by atoms with E-state index >= 15 is 4.39 Å². The lowest BCUT2D eigenvalue weighted by Gasteiger charge is -2.46. The highest BCUT2D eigenvalue weighted by atomic mass is 19.1. The normalized spacial score (nSPS) is 22.9. The Kier molecular flexibility index (Phi) is 9.04. The van der Waals surface area contributed by atoms with Crippen molar-refractivity contribution < 1.29 is 9.50 Å². The summed E-state index contributed by atoms with van der Waals surface area (Å²) < 4.78 is 17.9. The van der Waals surface area contributed by atoms with Crippen LogP contribution in [0.4, 0.5) is 4.39 Å². The third kappa shape index (κ3) is 6.03. The second-order valence-electron chi connectivity index (χ2n) is 12.6. The fourth-order valence-corrected chi connectivity index (χ4v) is 7.38. The van der Waals surface area contributed by atoms with Gasteiger partial charge >= 0.3 is 0 Å². The number of hydrogen-bond donors (Lipinski definition) is 2. The molecule has 3 heterocycles. The molecule has 5 rings (SSSR count). The first-order valence-electron chi connectivity index (χ1n) is 15.5. The SMILES string of the molecule is CCCC(c1nc2cc(CN3CCC(c4ccc(O)cc4)(N(C)C)CC3)c(F)cc2n1CC)N1C[C@@H](C)N[C@@H](C)C1. The summed E-state index contributed by atoms with van der Waals surface area (Å²) in [5, 5.41) is 13.4. The molecule has 2 N–H and O–H groups in total.